The monoisotopic (exact) mass is 615 g/mol. The number of aliphatic imine (C=N–C) groups is 1. The van der Waals surface area contributed by atoms with Crippen LogP contribution < -0.4 is 24.4 Å². The van der Waals surface area contributed by atoms with Crippen molar-refractivity contribution in [1.82, 2.24) is 10.2 Å². The summed E-state index contributed by atoms with van der Waals surface area (Å²) >= 11 is 1.24. The average molecular weight is 616 g/mol. The van der Waals surface area contributed by atoms with Crippen molar-refractivity contribution in [3.05, 3.63) is 106 Å². The highest BCUT2D eigenvalue weighted by Crippen LogP contribution is 2.40. The van der Waals surface area contributed by atoms with Crippen LogP contribution in [0.5, 0.6) is 11.5 Å². The lowest BCUT2D eigenvalue weighted by atomic mass is 10.1. The molecule has 9 nitrogen and oxygen atoms in total. The molecular weight excluding hydrogens is 581 g/mol. The van der Waals surface area contributed by atoms with Crippen molar-refractivity contribution < 1.29 is 23.4 Å². The van der Waals surface area contributed by atoms with Gasteiger partial charge in [0, 0.05) is 24.6 Å². The number of amidine groups is 1. The lowest BCUT2D eigenvalue weighted by molar-refractivity contribution is -0.596. The van der Waals surface area contributed by atoms with Crippen molar-refractivity contribution in [3.8, 4) is 11.5 Å². The first-order chi connectivity index (χ1) is 21.4. The van der Waals surface area contributed by atoms with Crippen molar-refractivity contribution in [3.63, 3.8) is 0 Å². The molecule has 228 valence electrons. The van der Waals surface area contributed by atoms with Crippen LogP contribution >= 0.6 is 11.3 Å². The number of methoxy groups -OCH3 is 2. The van der Waals surface area contributed by atoms with E-state index in [1.807, 2.05) is 59.2 Å². The van der Waals surface area contributed by atoms with Crippen LogP contribution in [-0.4, -0.2) is 43.4 Å². The lowest BCUT2D eigenvalue weighted by Gasteiger charge is -2.30. The number of halogens is 1. The van der Waals surface area contributed by atoms with Gasteiger partial charge in [-0.15, -0.1) is 0 Å². The molecule has 1 aromatic heterocycles. The van der Waals surface area contributed by atoms with Crippen molar-refractivity contribution in [2.45, 2.75) is 44.9 Å². The van der Waals surface area contributed by atoms with E-state index in [9.17, 15) is 10.0 Å². The van der Waals surface area contributed by atoms with Crippen molar-refractivity contribution >= 4 is 33.2 Å². The molecule has 1 fully saturated rings. The minimum atomic E-state index is -0.476. The molecule has 11 heteroatoms. The third-order valence-corrected chi connectivity index (χ3v) is 9.23. The summed E-state index contributed by atoms with van der Waals surface area (Å²) in [5, 5.41) is 17.9. The maximum atomic E-state index is 15.1. The Labute approximate surface area is 259 Å². The van der Waals surface area contributed by atoms with E-state index in [0.29, 0.717) is 58.2 Å². The number of rotatable bonds is 9. The second kappa shape index (κ2) is 12.5. The summed E-state index contributed by atoms with van der Waals surface area (Å²) in [6.45, 7) is 3.05. The summed E-state index contributed by atoms with van der Waals surface area (Å²) in [6, 6.07) is 21.1. The highest BCUT2D eigenvalue weighted by Gasteiger charge is 2.42. The van der Waals surface area contributed by atoms with Gasteiger partial charge in [0.25, 0.3) is 5.91 Å². The molecule has 3 aromatic carbocycles. The van der Waals surface area contributed by atoms with Gasteiger partial charge >= 0.3 is 5.13 Å². The van der Waals surface area contributed by atoms with Crippen LogP contribution in [0.15, 0.2) is 77.8 Å². The number of ether oxygens (including phenoxy) is 2. The molecule has 0 radical (unpaired) electrons. The number of carbonyl (C=O) groups excluding carboxylic acids is 1. The van der Waals surface area contributed by atoms with Gasteiger partial charge in [-0.25, -0.2) is 19.0 Å². The summed E-state index contributed by atoms with van der Waals surface area (Å²) in [5.41, 5.74) is 2.64. The molecule has 6 rings (SSSR count). The maximum absolute atomic E-state index is 15.1. The molecule has 4 aromatic rings. The molecule has 2 atom stereocenters. The Morgan fingerprint density at radius 2 is 1.91 bits per heavy atom. The molecule has 1 N–H and O–H groups in total. The van der Waals surface area contributed by atoms with Gasteiger partial charge in [0.1, 0.15) is 23.2 Å². The van der Waals surface area contributed by atoms with E-state index in [4.69, 9.17) is 14.5 Å². The van der Waals surface area contributed by atoms with E-state index in [1.54, 1.807) is 38.5 Å². The zero-order valence-electron chi connectivity index (χ0n) is 24.8. The minimum Gasteiger partial charge on any atom is -0.710 e. The minimum absolute atomic E-state index is 0.117. The van der Waals surface area contributed by atoms with Crippen molar-refractivity contribution in [2.24, 2.45) is 4.99 Å². The summed E-state index contributed by atoms with van der Waals surface area (Å²) in [6.07, 6.45) is 1.43. The topological polar surface area (TPSA) is 93.3 Å². The fourth-order valence-corrected chi connectivity index (χ4v) is 6.90. The number of fused-ring (bicyclic) bond motifs is 1. The van der Waals surface area contributed by atoms with Gasteiger partial charge in [-0.2, -0.15) is 0 Å². The Bertz CT molecular complexity index is 1690. The standard InChI is InChI=1S/C33H34FN5O4S/c1-21(22-10-5-4-6-11-22)35-31(40)27-14-9-17-38(27)33-39(41)28-20-37(19-23-15-16-24(42-2)18-29(23)43-3)30(36-32(28)44-33)25-12-7-8-13-26(25)34/h4-8,10-13,15-16,18,21,27H,9,14,17,19-20H2,1-3H3,(H,35,40)/t21-,27-/m1/s1. The number of aromatic nitrogens is 1. The number of carbonyl (C=O) groups is 1. The second-order valence-electron chi connectivity index (χ2n) is 10.9. The van der Waals surface area contributed by atoms with Gasteiger partial charge in [-0.05, 0) is 54.5 Å². The van der Waals surface area contributed by atoms with Gasteiger partial charge in [0.05, 0.1) is 38.9 Å². The lowest BCUT2D eigenvalue weighted by Crippen LogP contribution is -2.48. The molecule has 44 heavy (non-hydrogen) atoms. The molecule has 0 aliphatic carbocycles. The average Bonchev–Trinajstić information content (AvgIpc) is 3.66. The van der Waals surface area contributed by atoms with E-state index >= 15 is 4.39 Å². The zero-order valence-corrected chi connectivity index (χ0v) is 25.6. The van der Waals surface area contributed by atoms with E-state index in [0.717, 1.165) is 22.3 Å². The van der Waals surface area contributed by atoms with Gasteiger partial charge in [-0.1, -0.05) is 42.5 Å². The van der Waals surface area contributed by atoms with Gasteiger partial charge in [0.2, 0.25) is 0 Å². The third kappa shape index (κ3) is 5.67. The van der Waals surface area contributed by atoms with Crippen molar-refractivity contribution in [2.75, 3.05) is 25.7 Å². The zero-order chi connectivity index (χ0) is 30.8. The molecular formula is C33H34FN5O4S. The quantitative estimate of drug-likeness (QED) is 0.198. The first-order valence-electron chi connectivity index (χ1n) is 14.5. The van der Waals surface area contributed by atoms with Crippen LogP contribution in [0.1, 0.15) is 48.2 Å². The fourth-order valence-electron chi connectivity index (χ4n) is 5.80. The predicted octanol–water partition coefficient (Wildman–Crippen LogP) is 5.48. The summed E-state index contributed by atoms with van der Waals surface area (Å²) in [5.74, 6) is 1.16. The molecule has 0 spiro atoms. The third-order valence-electron chi connectivity index (χ3n) is 8.13. The Hall–Kier alpha value is -4.64. The number of nitrogens with one attached hydrogen (secondary N) is 1. The highest BCUT2D eigenvalue weighted by molar-refractivity contribution is 7.19. The van der Waals surface area contributed by atoms with Gasteiger partial charge in [0.15, 0.2) is 16.7 Å². The fraction of sp³-hybridized carbons (Fsp3) is 0.303. The maximum Gasteiger partial charge on any atom is 0.342 e. The number of hydrogen-bond acceptors (Lipinski definition) is 8. The number of hydrogen-bond donors (Lipinski definition) is 1. The number of benzene rings is 3. The van der Waals surface area contributed by atoms with Crippen LogP contribution in [0.3, 0.4) is 0 Å². The number of amides is 1. The highest BCUT2D eigenvalue weighted by atomic mass is 32.1. The van der Waals surface area contributed by atoms with Crippen LogP contribution in [0, 0.1) is 11.0 Å². The van der Waals surface area contributed by atoms with E-state index in [2.05, 4.69) is 5.32 Å². The van der Waals surface area contributed by atoms with Crippen molar-refractivity contribution in [1.29, 1.82) is 0 Å². The number of anilines is 1. The van der Waals surface area contributed by atoms with E-state index in [-0.39, 0.29) is 18.5 Å². The Balaban J connectivity index is 1.32. The normalized spacial score (nSPS) is 16.7. The van der Waals surface area contributed by atoms with Crippen LogP contribution in [0.4, 0.5) is 14.5 Å². The Morgan fingerprint density at radius 1 is 1.14 bits per heavy atom. The molecule has 0 bridgehead atoms. The Morgan fingerprint density at radius 3 is 2.66 bits per heavy atom. The van der Waals surface area contributed by atoms with Crippen LogP contribution in [0.2, 0.25) is 0 Å². The number of thiazole rings is 1. The first-order valence-corrected chi connectivity index (χ1v) is 15.4. The molecule has 3 heterocycles. The molecule has 2 aliphatic heterocycles. The molecule has 1 amide bonds. The van der Waals surface area contributed by atoms with Crippen LogP contribution in [-0.2, 0) is 17.9 Å². The van der Waals surface area contributed by atoms with E-state index < -0.39 is 11.9 Å². The molecule has 0 saturated carbocycles. The summed E-state index contributed by atoms with van der Waals surface area (Å²) in [7, 11) is 3.17. The summed E-state index contributed by atoms with van der Waals surface area (Å²) < 4.78 is 27.0. The molecule has 0 unspecified atom stereocenters. The Kier molecular flexibility index (Phi) is 8.38. The second-order valence-corrected chi connectivity index (χ2v) is 11.8. The largest absolute Gasteiger partial charge is 0.710 e. The molecule has 1 saturated heterocycles. The summed E-state index contributed by atoms with van der Waals surface area (Å²) in [4.78, 5) is 22.1. The van der Waals surface area contributed by atoms with E-state index in [1.165, 1.54) is 17.4 Å². The SMILES string of the molecule is COc1ccc(CN2Cc3c(sc(N4CCC[C@@H]4C(=O)N[C@H](C)c4ccccc4)[n+]3[O-])N=C2c2ccccc2F)c(OC)c1. The van der Waals surface area contributed by atoms with Gasteiger partial charge < -0.3 is 24.9 Å². The first kappa shape index (κ1) is 29.4. The van der Waals surface area contributed by atoms with Gasteiger partial charge in [-0.3, -0.25) is 4.79 Å². The smallest absolute Gasteiger partial charge is 0.342 e. The molecule has 2 aliphatic rings. The van der Waals surface area contributed by atoms with Crippen LogP contribution in [0.25, 0.3) is 0 Å². The number of nitrogens with zero attached hydrogens (tertiary/aromatic N) is 4. The predicted molar refractivity (Wildman–Crippen MR) is 168 cm³/mol.